The van der Waals surface area contributed by atoms with Crippen LogP contribution in [0.15, 0.2) is 220 Å². The molecule has 0 bridgehead atoms. The Morgan fingerprint density at radius 1 is 0.275 bits per heavy atom. The van der Waals surface area contributed by atoms with Gasteiger partial charge in [0.15, 0.2) is 0 Å². The number of hydrogen-bond donors (Lipinski definition) is 6. The third kappa shape index (κ3) is 19.1. The average molecular weight is 1590 g/mol. The van der Waals surface area contributed by atoms with Crippen LogP contribution in [-0.2, 0) is 67.3 Å². The lowest BCUT2D eigenvalue weighted by molar-refractivity contribution is -0.117. The van der Waals surface area contributed by atoms with Gasteiger partial charge >= 0.3 is 0 Å². The van der Waals surface area contributed by atoms with Crippen LogP contribution in [0.4, 0.5) is 34.1 Å². The summed E-state index contributed by atoms with van der Waals surface area (Å²) in [5.74, 6) is 3.87. The van der Waals surface area contributed by atoms with E-state index in [9.17, 15) is 28.8 Å². The van der Waals surface area contributed by atoms with Gasteiger partial charge in [0, 0.05) is 180 Å². The molecule has 3 fully saturated rings. The topological polar surface area (TPSA) is 252 Å². The smallest absolute Gasteiger partial charge is 0.224 e. The fourth-order valence-corrected chi connectivity index (χ4v) is 17.3. The van der Waals surface area contributed by atoms with Crippen LogP contribution >= 0.6 is 0 Å². The number of anilines is 6. The molecule has 6 aromatic carbocycles. The van der Waals surface area contributed by atoms with Crippen molar-refractivity contribution in [2.45, 2.75) is 193 Å². The van der Waals surface area contributed by atoms with Crippen molar-refractivity contribution in [1.29, 1.82) is 0 Å². The van der Waals surface area contributed by atoms with E-state index in [4.69, 9.17) is 0 Å². The van der Waals surface area contributed by atoms with E-state index >= 15 is 0 Å². The Morgan fingerprint density at radius 2 is 0.650 bits per heavy atom. The Kier molecular flexibility index (Phi) is 24.6. The molecule has 0 spiro atoms. The highest BCUT2D eigenvalue weighted by Crippen LogP contribution is 2.51. The lowest BCUT2D eigenvalue weighted by Crippen LogP contribution is -2.20. The van der Waals surface area contributed by atoms with Crippen LogP contribution in [0.1, 0.15) is 221 Å². The number of pyridine rings is 6. The van der Waals surface area contributed by atoms with E-state index in [0.29, 0.717) is 74.0 Å². The summed E-state index contributed by atoms with van der Waals surface area (Å²) in [6, 6.07) is 50.2. The van der Waals surface area contributed by atoms with E-state index in [1.54, 1.807) is 37.2 Å². The number of amides is 6. The minimum Gasteiger partial charge on any atom is -0.326 e. The molecule has 0 radical (unpaired) electrons. The molecule has 120 heavy (non-hydrogen) atoms. The Bertz CT molecular complexity index is 5390. The standard InChI is InChI=1S/3C17H16N2O.3C17H18N2O/c20-16-8-6-14-15(19-16)7-5-13(17(14)11-3-4-11)12-2-1-9-18-10-12;20-17-6-5-12-8-14(13-2-1-7-18-10-13)15(11-3-4-11)9-16(12)19-17;20-16-6-5-12-8-14(13-2-1-7-18-10-13)9-15(11-3-4-11)17(12)19-16;1-11(2)17-13(12-4-3-9-18-10-12)5-7-15-14(17)6-8-16(20)19-15;1-11(2)14-9-16-12(5-6-17(20)19-16)8-15(14)13-4-3-7-18-10-13;1-11(2)15-9-14(13-4-3-7-18-10-13)8-12-5-6-16(20)19-17(12)15/h1-2,5,7,9-11H,3-4,6,8H2,(H,19,20);2*1-2,7-11H,3-6H2,(H,19,20);3-5,7,9-11H,6,8H2,1-2H3,(H,19,20);2*3-4,7-11H,5-6H2,1-2H3,(H,19,20). The van der Waals surface area contributed by atoms with E-state index in [1.165, 1.54) is 150 Å². The van der Waals surface area contributed by atoms with Crippen molar-refractivity contribution < 1.29 is 28.8 Å². The van der Waals surface area contributed by atoms with Crippen LogP contribution in [0, 0.1) is 0 Å². The molecule has 0 unspecified atom stereocenters. The second-order valence-electron chi connectivity index (χ2n) is 33.5. The lowest BCUT2D eigenvalue weighted by atomic mass is 9.85. The number of nitrogens with one attached hydrogen (secondary N) is 6. The Hall–Kier alpha value is -13.0. The van der Waals surface area contributed by atoms with Gasteiger partial charge in [0.1, 0.15) is 0 Å². The van der Waals surface area contributed by atoms with Gasteiger partial charge in [0.25, 0.3) is 0 Å². The summed E-state index contributed by atoms with van der Waals surface area (Å²) in [6.45, 7) is 13.1. The monoisotopic (exact) mass is 1590 g/mol. The maximum atomic E-state index is 11.7. The molecule has 9 aliphatic rings. The van der Waals surface area contributed by atoms with Gasteiger partial charge in [-0.1, -0.05) is 90.1 Å². The van der Waals surface area contributed by atoms with E-state index in [0.717, 1.165) is 94.9 Å². The maximum absolute atomic E-state index is 11.7. The third-order valence-electron chi connectivity index (χ3n) is 23.8. The summed E-state index contributed by atoms with van der Waals surface area (Å²) in [5, 5.41) is 18.1. The highest BCUT2D eigenvalue weighted by Gasteiger charge is 2.35. The van der Waals surface area contributed by atoms with E-state index in [-0.39, 0.29) is 35.4 Å². The molecule has 3 aliphatic carbocycles. The van der Waals surface area contributed by atoms with Gasteiger partial charge in [-0.15, -0.1) is 0 Å². The first-order chi connectivity index (χ1) is 58.4. The number of rotatable bonds is 12. The number of fused-ring (bicyclic) bond motifs is 6. The zero-order chi connectivity index (χ0) is 82.9. The van der Waals surface area contributed by atoms with Gasteiger partial charge in [0.2, 0.25) is 35.4 Å². The second-order valence-corrected chi connectivity index (χ2v) is 33.5. The predicted molar refractivity (Wildman–Crippen MR) is 478 cm³/mol. The largest absolute Gasteiger partial charge is 0.326 e. The molecule has 6 aliphatic heterocycles. The van der Waals surface area contributed by atoms with Gasteiger partial charge in [-0.3, -0.25) is 58.7 Å². The van der Waals surface area contributed by atoms with Crippen LogP contribution in [0.2, 0.25) is 0 Å². The van der Waals surface area contributed by atoms with Crippen LogP contribution < -0.4 is 31.9 Å². The van der Waals surface area contributed by atoms with Gasteiger partial charge in [-0.05, 0) is 310 Å². The van der Waals surface area contributed by atoms with E-state index in [2.05, 4.69) is 200 Å². The molecule has 12 aromatic rings. The second kappa shape index (κ2) is 36.5. The molecule has 18 nitrogen and oxygen atoms in total. The van der Waals surface area contributed by atoms with Crippen molar-refractivity contribution in [3.8, 4) is 66.8 Å². The summed E-state index contributed by atoms with van der Waals surface area (Å²) in [5.41, 5.74) is 35.8. The van der Waals surface area contributed by atoms with Crippen LogP contribution in [0.5, 0.6) is 0 Å². The van der Waals surface area contributed by atoms with Gasteiger partial charge in [-0.25, -0.2) is 0 Å². The van der Waals surface area contributed by atoms with Crippen molar-refractivity contribution >= 4 is 69.6 Å². The van der Waals surface area contributed by atoms with E-state index < -0.39 is 0 Å². The fraction of sp³-hybridized carbons (Fsp3) is 0.294. The molecule has 21 rings (SSSR count). The summed E-state index contributed by atoms with van der Waals surface area (Å²) in [7, 11) is 0. The molecule has 606 valence electrons. The minimum atomic E-state index is 0.112. The van der Waals surface area contributed by atoms with Crippen molar-refractivity contribution in [3.63, 3.8) is 0 Å². The van der Waals surface area contributed by atoms with Crippen LogP contribution in [0.3, 0.4) is 0 Å². The Balaban J connectivity index is 0.000000107. The number of carbonyl (C=O) groups is 6. The summed E-state index contributed by atoms with van der Waals surface area (Å²) >= 11 is 0. The number of benzene rings is 6. The normalized spacial score (nSPS) is 15.8. The number of hydrogen-bond acceptors (Lipinski definition) is 12. The zero-order valence-corrected chi connectivity index (χ0v) is 69.1. The van der Waals surface area contributed by atoms with Crippen molar-refractivity contribution in [2.75, 3.05) is 31.9 Å². The molecular weight excluding hydrogens is 1490 g/mol. The van der Waals surface area contributed by atoms with Crippen LogP contribution in [-0.4, -0.2) is 65.3 Å². The summed E-state index contributed by atoms with van der Waals surface area (Å²) < 4.78 is 0. The molecular formula is C102H102N12O6. The Labute approximate surface area is 702 Å². The molecule has 6 aromatic heterocycles. The third-order valence-corrected chi connectivity index (χ3v) is 23.8. The van der Waals surface area contributed by atoms with Gasteiger partial charge in [-0.2, -0.15) is 0 Å². The number of aromatic nitrogens is 6. The number of nitrogens with zero attached hydrogens (tertiary/aromatic N) is 6. The summed E-state index contributed by atoms with van der Waals surface area (Å²) in [4.78, 5) is 94.8. The fourth-order valence-electron chi connectivity index (χ4n) is 17.3. The van der Waals surface area contributed by atoms with Crippen molar-refractivity contribution in [1.82, 2.24) is 29.9 Å². The SMILES string of the molecule is CC(C)c1c(-c2cccnc2)ccc2c1CCC(=O)N2.CC(C)c1cc(-c2cccnc2)cc2c1NC(=O)CC2.CC(C)c1cc2c(cc1-c1cccnc1)CCC(=O)N2.O=C1CCc2c(ccc(-c3cccnc3)c2C2CC2)N1.O=C1CCc2cc(-c3cccnc3)c(C3CC3)cc2N1.O=C1CCc2cc(-c3cccnc3)cc(C3CC3)c2N1. The molecule has 12 heterocycles. The Morgan fingerprint density at radius 3 is 1.12 bits per heavy atom. The lowest BCUT2D eigenvalue weighted by Gasteiger charge is -2.24. The molecule has 6 amide bonds. The van der Waals surface area contributed by atoms with Gasteiger partial charge in [0.05, 0.1) is 0 Å². The highest BCUT2D eigenvalue weighted by atomic mass is 16.2. The minimum absolute atomic E-state index is 0.112. The molecule has 0 atom stereocenters. The predicted octanol–water partition coefficient (Wildman–Crippen LogP) is 21.8. The maximum Gasteiger partial charge on any atom is 0.224 e. The number of aryl methyl sites for hydroxylation is 4. The zero-order valence-electron chi connectivity index (χ0n) is 69.1. The quantitative estimate of drug-likeness (QED) is 0.0668. The average Bonchev–Trinajstić information content (AvgIpc) is 1.03. The first-order valence-corrected chi connectivity index (χ1v) is 42.6. The first-order valence-electron chi connectivity index (χ1n) is 42.6. The number of carbonyl (C=O) groups excluding carboxylic acids is 6. The molecule has 3 saturated carbocycles. The van der Waals surface area contributed by atoms with Crippen LogP contribution in [0.25, 0.3) is 66.8 Å². The molecule has 0 saturated heterocycles. The first kappa shape index (κ1) is 80.8. The van der Waals surface area contributed by atoms with Crippen molar-refractivity contribution in [3.05, 3.63) is 287 Å². The summed E-state index contributed by atoms with van der Waals surface area (Å²) in [6.07, 6.45) is 38.2. The molecule has 18 heteroatoms. The van der Waals surface area contributed by atoms with E-state index in [1.807, 2.05) is 85.7 Å². The van der Waals surface area contributed by atoms with Crippen molar-refractivity contribution in [2.24, 2.45) is 0 Å². The molecule has 6 N–H and O–H groups in total. The van der Waals surface area contributed by atoms with Gasteiger partial charge < -0.3 is 31.9 Å². The highest BCUT2D eigenvalue weighted by molar-refractivity contribution is 6.00.